The maximum Gasteiger partial charge on any atom is 0.303 e. The number of hydrogen-bond acceptors (Lipinski definition) is 3. The Bertz CT molecular complexity index is 653. The molecule has 1 aromatic heterocycles. The largest absolute Gasteiger partial charge is 0.481 e. The van der Waals surface area contributed by atoms with Crippen molar-refractivity contribution in [1.29, 1.82) is 0 Å². The van der Waals surface area contributed by atoms with Gasteiger partial charge in [0.2, 0.25) is 0 Å². The summed E-state index contributed by atoms with van der Waals surface area (Å²) in [6.07, 6.45) is 8.04. The molecule has 128 valence electrons. The van der Waals surface area contributed by atoms with E-state index in [1.807, 2.05) is 30.3 Å². The van der Waals surface area contributed by atoms with Gasteiger partial charge >= 0.3 is 5.97 Å². The normalized spacial score (nSPS) is 10.5. The van der Waals surface area contributed by atoms with Crippen LogP contribution in [0.5, 0.6) is 0 Å². The standard InChI is InChI=1S/C18H23N3O3/c22-17(23)11-7-2-1-3-8-12-19-18(24)15-13-20-21(14-15)16-9-5-4-6-10-16/h4-6,9-10,13-14H,1-3,7-8,11-12H2,(H,19,24)(H,22,23). The van der Waals surface area contributed by atoms with Crippen LogP contribution in [0.1, 0.15) is 48.9 Å². The summed E-state index contributed by atoms with van der Waals surface area (Å²) in [4.78, 5) is 22.5. The second kappa shape index (κ2) is 9.50. The number of carbonyl (C=O) groups excluding carboxylic acids is 1. The second-order valence-corrected chi connectivity index (χ2v) is 5.68. The lowest BCUT2D eigenvalue weighted by atomic mass is 10.1. The molecule has 2 aromatic rings. The van der Waals surface area contributed by atoms with Crippen molar-refractivity contribution in [2.45, 2.75) is 38.5 Å². The van der Waals surface area contributed by atoms with Gasteiger partial charge in [-0.1, -0.05) is 37.5 Å². The summed E-state index contributed by atoms with van der Waals surface area (Å²) in [6, 6.07) is 9.64. The fraction of sp³-hybridized carbons (Fsp3) is 0.389. The van der Waals surface area contributed by atoms with Gasteiger partial charge in [-0.2, -0.15) is 5.10 Å². The lowest BCUT2D eigenvalue weighted by molar-refractivity contribution is -0.137. The van der Waals surface area contributed by atoms with Crippen molar-refractivity contribution in [3.8, 4) is 5.69 Å². The lowest BCUT2D eigenvalue weighted by Gasteiger charge is -2.03. The van der Waals surface area contributed by atoms with Crippen LogP contribution in [0, 0.1) is 0 Å². The molecular formula is C18H23N3O3. The number of rotatable bonds is 10. The van der Waals surface area contributed by atoms with E-state index in [1.54, 1.807) is 17.1 Å². The van der Waals surface area contributed by atoms with Gasteiger partial charge in [0.1, 0.15) is 0 Å². The van der Waals surface area contributed by atoms with Crippen LogP contribution < -0.4 is 5.32 Å². The van der Waals surface area contributed by atoms with E-state index in [4.69, 9.17) is 5.11 Å². The molecule has 0 saturated heterocycles. The average molecular weight is 329 g/mol. The van der Waals surface area contributed by atoms with Crippen molar-refractivity contribution in [1.82, 2.24) is 15.1 Å². The number of benzene rings is 1. The number of unbranched alkanes of at least 4 members (excludes halogenated alkanes) is 4. The van der Waals surface area contributed by atoms with Gasteiger partial charge in [-0.3, -0.25) is 9.59 Å². The van der Waals surface area contributed by atoms with E-state index in [2.05, 4.69) is 10.4 Å². The zero-order chi connectivity index (χ0) is 17.2. The number of amides is 1. The summed E-state index contributed by atoms with van der Waals surface area (Å²) in [7, 11) is 0. The van der Waals surface area contributed by atoms with Gasteiger partial charge < -0.3 is 10.4 Å². The van der Waals surface area contributed by atoms with Crippen molar-refractivity contribution < 1.29 is 14.7 Å². The van der Waals surface area contributed by atoms with E-state index in [0.717, 1.165) is 37.8 Å². The molecular weight excluding hydrogens is 306 g/mol. The van der Waals surface area contributed by atoms with Gasteiger partial charge in [0.15, 0.2) is 0 Å². The molecule has 0 aliphatic rings. The maximum absolute atomic E-state index is 12.1. The van der Waals surface area contributed by atoms with Gasteiger partial charge in [-0.15, -0.1) is 0 Å². The Hall–Kier alpha value is -2.63. The Morgan fingerprint density at radius 1 is 1.04 bits per heavy atom. The topological polar surface area (TPSA) is 84.2 Å². The minimum absolute atomic E-state index is 0.122. The fourth-order valence-electron chi connectivity index (χ4n) is 2.40. The first-order chi connectivity index (χ1) is 11.7. The first kappa shape index (κ1) is 17.7. The molecule has 24 heavy (non-hydrogen) atoms. The zero-order valence-corrected chi connectivity index (χ0v) is 13.6. The number of carboxylic acids is 1. The van der Waals surface area contributed by atoms with E-state index < -0.39 is 5.97 Å². The number of nitrogens with zero attached hydrogens (tertiary/aromatic N) is 2. The maximum atomic E-state index is 12.1. The van der Waals surface area contributed by atoms with Crippen molar-refractivity contribution in [2.75, 3.05) is 6.54 Å². The van der Waals surface area contributed by atoms with Crippen LogP contribution in [-0.2, 0) is 4.79 Å². The number of carboxylic acid groups (broad SMARTS) is 1. The smallest absolute Gasteiger partial charge is 0.303 e. The molecule has 2 rings (SSSR count). The predicted molar refractivity (Wildman–Crippen MR) is 91.2 cm³/mol. The van der Waals surface area contributed by atoms with Crippen LogP contribution in [0.2, 0.25) is 0 Å². The highest BCUT2D eigenvalue weighted by molar-refractivity contribution is 5.93. The number of hydrogen-bond donors (Lipinski definition) is 2. The molecule has 0 atom stereocenters. The molecule has 0 aliphatic carbocycles. The average Bonchev–Trinajstić information content (AvgIpc) is 3.08. The van der Waals surface area contributed by atoms with Crippen molar-refractivity contribution >= 4 is 11.9 Å². The molecule has 6 heteroatoms. The molecule has 0 fully saturated rings. The van der Waals surface area contributed by atoms with E-state index in [1.165, 1.54) is 0 Å². The molecule has 0 saturated carbocycles. The van der Waals surface area contributed by atoms with E-state index >= 15 is 0 Å². The first-order valence-electron chi connectivity index (χ1n) is 8.27. The van der Waals surface area contributed by atoms with Crippen molar-refractivity contribution in [2.24, 2.45) is 0 Å². The highest BCUT2D eigenvalue weighted by Crippen LogP contribution is 2.08. The Morgan fingerprint density at radius 3 is 2.50 bits per heavy atom. The number of carbonyl (C=O) groups is 2. The number of aromatic nitrogens is 2. The molecule has 0 aliphatic heterocycles. The summed E-state index contributed by atoms with van der Waals surface area (Å²) >= 11 is 0. The van der Waals surface area contributed by atoms with Crippen LogP contribution in [-0.4, -0.2) is 33.3 Å². The summed E-state index contributed by atoms with van der Waals surface area (Å²) in [5.74, 6) is -0.860. The highest BCUT2D eigenvalue weighted by atomic mass is 16.4. The number of aliphatic carboxylic acids is 1. The highest BCUT2D eigenvalue weighted by Gasteiger charge is 2.08. The van der Waals surface area contributed by atoms with Crippen LogP contribution in [0.15, 0.2) is 42.7 Å². The van der Waals surface area contributed by atoms with Gasteiger partial charge in [0, 0.05) is 19.2 Å². The SMILES string of the molecule is O=C(O)CCCCCCCNC(=O)c1cnn(-c2ccccc2)c1. The van der Waals surface area contributed by atoms with Gasteiger partial charge in [-0.05, 0) is 25.0 Å². The van der Waals surface area contributed by atoms with Crippen LogP contribution in [0.3, 0.4) is 0 Å². The molecule has 1 heterocycles. The number of para-hydroxylation sites is 1. The Morgan fingerprint density at radius 2 is 1.75 bits per heavy atom. The quantitative estimate of drug-likeness (QED) is 0.656. The lowest BCUT2D eigenvalue weighted by Crippen LogP contribution is -2.24. The molecule has 0 spiro atoms. The molecule has 2 N–H and O–H groups in total. The van der Waals surface area contributed by atoms with E-state index in [9.17, 15) is 9.59 Å². The third kappa shape index (κ3) is 5.87. The minimum Gasteiger partial charge on any atom is -0.481 e. The molecule has 1 amide bonds. The first-order valence-corrected chi connectivity index (χ1v) is 8.27. The van der Waals surface area contributed by atoms with Crippen molar-refractivity contribution in [3.63, 3.8) is 0 Å². The van der Waals surface area contributed by atoms with Gasteiger partial charge in [-0.25, -0.2) is 4.68 Å². The van der Waals surface area contributed by atoms with Crippen LogP contribution >= 0.6 is 0 Å². The van der Waals surface area contributed by atoms with Gasteiger partial charge in [0.25, 0.3) is 5.91 Å². The summed E-state index contributed by atoms with van der Waals surface area (Å²) in [5.41, 5.74) is 1.46. The Kier molecular flexibility index (Phi) is 7.01. The van der Waals surface area contributed by atoms with Crippen LogP contribution in [0.4, 0.5) is 0 Å². The summed E-state index contributed by atoms with van der Waals surface area (Å²) < 4.78 is 1.68. The van der Waals surface area contributed by atoms with E-state index in [-0.39, 0.29) is 12.3 Å². The predicted octanol–water partition coefficient (Wildman–Crippen LogP) is 3.03. The zero-order valence-electron chi connectivity index (χ0n) is 13.6. The van der Waals surface area contributed by atoms with Crippen molar-refractivity contribution in [3.05, 3.63) is 48.3 Å². The van der Waals surface area contributed by atoms with Crippen LogP contribution in [0.25, 0.3) is 5.69 Å². The summed E-state index contributed by atoms with van der Waals surface area (Å²) in [6.45, 7) is 0.619. The molecule has 0 unspecified atom stereocenters. The molecule has 0 radical (unpaired) electrons. The number of nitrogens with one attached hydrogen (secondary N) is 1. The second-order valence-electron chi connectivity index (χ2n) is 5.68. The monoisotopic (exact) mass is 329 g/mol. The van der Waals surface area contributed by atoms with Gasteiger partial charge in [0.05, 0.1) is 17.4 Å². The Balaban J connectivity index is 1.65. The third-order valence-corrected chi connectivity index (χ3v) is 3.72. The van der Waals surface area contributed by atoms with E-state index in [0.29, 0.717) is 12.1 Å². The fourth-order valence-corrected chi connectivity index (χ4v) is 2.40. The third-order valence-electron chi connectivity index (χ3n) is 3.72. The summed E-state index contributed by atoms with van der Waals surface area (Å²) in [5, 5.41) is 15.6. The molecule has 1 aromatic carbocycles. The minimum atomic E-state index is -0.738. The Labute approximate surface area is 141 Å². The molecule has 6 nitrogen and oxygen atoms in total. The molecule has 0 bridgehead atoms.